The van der Waals surface area contributed by atoms with E-state index in [-0.39, 0.29) is 95.2 Å². The summed E-state index contributed by atoms with van der Waals surface area (Å²) in [5, 5.41) is 43.3. The van der Waals surface area contributed by atoms with Gasteiger partial charge < -0.3 is 102 Å². The number of hydrogen-bond donors (Lipinski definition) is 17. The topological polar surface area (TPSA) is 546 Å². The van der Waals surface area contributed by atoms with Crippen molar-refractivity contribution in [3.8, 4) is 5.75 Å². The van der Waals surface area contributed by atoms with Crippen LogP contribution in [0.2, 0.25) is 0 Å². The number of benzene rings is 3. The molecule has 3 aromatic rings. The van der Waals surface area contributed by atoms with Crippen LogP contribution in [0.25, 0.3) is 0 Å². The predicted molar refractivity (Wildman–Crippen MR) is 375 cm³/mol. The van der Waals surface area contributed by atoms with Gasteiger partial charge in [0.1, 0.15) is 66.2 Å². The maximum atomic E-state index is 14.9. The third kappa shape index (κ3) is 26.0. The average molecular weight is 1420 g/mol. The van der Waals surface area contributed by atoms with E-state index >= 15 is 0 Å². The highest BCUT2D eigenvalue weighted by Crippen LogP contribution is 2.27. The van der Waals surface area contributed by atoms with Crippen molar-refractivity contribution in [2.24, 2.45) is 51.2 Å². The van der Waals surface area contributed by atoms with Gasteiger partial charge in [0.25, 0.3) is 0 Å². The molecular weight excluding hydrogens is 1320 g/mol. The number of phenolic OH excluding ortho intramolecular Hbond substituents is 1. The zero-order valence-electron chi connectivity index (χ0n) is 58.2. The van der Waals surface area contributed by atoms with E-state index in [4.69, 9.17) is 34.4 Å². The second-order valence-electron chi connectivity index (χ2n) is 26.0. The lowest BCUT2D eigenvalue weighted by molar-refractivity contribution is -0.148. The van der Waals surface area contributed by atoms with Crippen LogP contribution in [0.1, 0.15) is 115 Å². The molecule has 33 nitrogen and oxygen atoms in total. The first-order valence-electron chi connectivity index (χ1n) is 34.4. The summed E-state index contributed by atoms with van der Waals surface area (Å²) in [6.45, 7) is 5.49. The van der Waals surface area contributed by atoms with Crippen LogP contribution in [0.4, 0.5) is 0 Å². The van der Waals surface area contributed by atoms with E-state index < -0.39 is 169 Å². The number of carbonyl (C=O) groups excluding carboxylic acids is 13. The normalized spacial score (nSPS) is 17.1. The Morgan fingerprint density at radius 3 is 1.62 bits per heavy atom. The van der Waals surface area contributed by atoms with Gasteiger partial charge in [-0.05, 0) is 105 Å². The third-order valence-electron chi connectivity index (χ3n) is 17.8. The number of primary amides is 2. The van der Waals surface area contributed by atoms with E-state index in [1.54, 1.807) is 100 Å². The Labute approximate surface area is 592 Å². The Morgan fingerprint density at radius 1 is 0.549 bits per heavy atom. The maximum Gasteiger partial charge on any atom is 0.246 e. The van der Waals surface area contributed by atoms with Crippen LogP contribution < -0.4 is 82.3 Å². The van der Waals surface area contributed by atoms with Crippen molar-refractivity contribution in [1.29, 1.82) is 0 Å². The predicted octanol–water partition coefficient (Wildman–Crippen LogP) is -4.04. The number of unbranched alkanes of at least 4 members (excludes halogenated alkanes) is 1. The third-order valence-corrected chi connectivity index (χ3v) is 17.8. The number of nitrogens with one attached hydrogen (secondary N) is 9. The molecule has 558 valence electrons. The first-order chi connectivity index (χ1) is 48.5. The van der Waals surface area contributed by atoms with Crippen LogP contribution in [0.15, 0.2) is 89.9 Å². The Bertz CT molecular complexity index is 3380. The Balaban J connectivity index is 1.29. The summed E-state index contributed by atoms with van der Waals surface area (Å²) in [7, 11) is 0. The van der Waals surface area contributed by atoms with Crippen LogP contribution in [-0.2, 0) is 81.6 Å². The molecule has 0 aromatic heterocycles. The van der Waals surface area contributed by atoms with Gasteiger partial charge in [-0.3, -0.25) is 67.3 Å². The summed E-state index contributed by atoms with van der Waals surface area (Å²) < 4.78 is 0. The molecule has 2 saturated heterocycles. The van der Waals surface area contributed by atoms with E-state index in [1.165, 1.54) is 21.9 Å². The van der Waals surface area contributed by atoms with Gasteiger partial charge in [-0.1, -0.05) is 107 Å². The maximum absolute atomic E-state index is 14.9. The van der Waals surface area contributed by atoms with Crippen molar-refractivity contribution >= 4 is 82.8 Å². The van der Waals surface area contributed by atoms with Crippen LogP contribution in [0.3, 0.4) is 0 Å². The molecule has 33 heteroatoms. The van der Waals surface area contributed by atoms with Gasteiger partial charge in [0.15, 0.2) is 5.96 Å². The largest absolute Gasteiger partial charge is 0.508 e. The van der Waals surface area contributed by atoms with Crippen molar-refractivity contribution in [2.75, 3.05) is 39.3 Å². The zero-order valence-corrected chi connectivity index (χ0v) is 58.2. The van der Waals surface area contributed by atoms with Gasteiger partial charge in [-0.2, -0.15) is 0 Å². The molecule has 102 heavy (non-hydrogen) atoms. The van der Waals surface area contributed by atoms with Crippen LogP contribution in [0.5, 0.6) is 5.75 Å². The number of aliphatic hydroxyl groups is 1. The van der Waals surface area contributed by atoms with Crippen molar-refractivity contribution in [3.05, 3.63) is 102 Å². The molecule has 0 saturated carbocycles. The van der Waals surface area contributed by atoms with Crippen LogP contribution in [0, 0.1) is 11.8 Å². The Morgan fingerprint density at radius 2 is 1.06 bits per heavy atom. The van der Waals surface area contributed by atoms with Crippen molar-refractivity contribution < 1.29 is 72.5 Å². The number of nitrogens with zero attached hydrogens (tertiary/aromatic N) is 3. The van der Waals surface area contributed by atoms with Gasteiger partial charge in [-0.25, -0.2) is 0 Å². The SMILES string of the molecule is CC[C@H](C)[C@H](NC(=O)[C@H](CO)NC(=O)CNC(=O)[C@H](CC(N)=O)NC(=O)[C@H](Cc1ccccc1)NC(=O)[C@@H]1CCCN1C(=O)[C@@H]1CCCN1C(=O)[C@H](CCCCN)NC(=O)[C@H](CCCN=C(N)N)NC(=O)[C@H](Cc1ccc(O)cc1)NC(=O)[C@@H](N)C(C)C)C(=O)N[C@@H](Cc1ccccc1)C(N)=O. The van der Waals surface area contributed by atoms with Crippen molar-refractivity contribution in [3.63, 3.8) is 0 Å². The van der Waals surface area contributed by atoms with Gasteiger partial charge in [0.05, 0.1) is 25.6 Å². The molecule has 2 fully saturated rings. The van der Waals surface area contributed by atoms with Gasteiger partial charge >= 0.3 is 0 Å². The molecule has 23 N–H and O–H groups in total. The monoisotopic (exact) mass is 1420 g/mol. The van der Waals surface area contributed by atoms with Crippen LogP contribution in [-0.4, -0.2) is 209 Å². The average Bonchev–Trinajstić information content (AvgIpc) is 1.63. The molecule has 2 aliphatic rings. The highest BCUT2D eigenvalue weighted by molar-refractivity contribution is 6.00. The minimum Gasteiger partial charge on any atom is -0.508 e. The summed E-state index contributed by atoms with van der Waals surface area (Å²) in [5.74, 6) is -12.0. The number of aliphatic hydroxyl groups excluding tert-OH is 1. The summed E-state index contributed by atoms with van der Waals surface area (Å²) >= 11 is 0. The summed E-state index contributed by atoms with van der Waals surface area (Å²) in [4.78, 5) is 187. The van der Waals surface area contributed by atoms with Gasteiger partial charge in [0.2, 0.25) is 76.8 Å². The zero-order chi connectivity index (χ0) is 75.2. The highest BCUT2D eigenvalue weighted by Gasteiger charge is 2.45. The molecule has 0 aliphatic carbocycles. The smallest absolute Gasteiger partial charge is 0.246 e. The molecule has 13 amide bonds. The number of aromatic hydroxyl groups is 1. The van der Waals surface area contributed by atoms with Crippen LogP contribution >= 0.6 is 0 Å². The molecule has 0 bridgehead atoms. The number of hydrogen-bond acceptors (Lipinski definition) is 18. The number of rotatable bonds is 41. The molecule has 3 aromatic carbocycles. The number of guanidine groups is 1. The van der Waals surface area contributed by atoms with E-state index in [2.05, 4.69) is 52.8 Å². The minimum atomic E-state index is -1.75. The Hall–Kier alpha value is -10.3. The quantitative estimate of drug-likeness (QED) is 0.0146. The molecular formula is C69H102N18O15. The first-order valence-corrected chi connectivity index (χ1v) is 34.4. The number of likely N-dealkylation sites (tertiary alicyclic amines) is 2. The number of nitrogens with two attached hydrogens (primary N) is 6. The summed E-state index contributed by atoms with van der Waals surface area (Å²) in [5.41, 5.74) is 36.2. The van der Waals surface area contributed by atoms with Gasteiger partial charge in [0, 0.05) is 38.9 Å². The lowest BCUT2D eigenvalue weighted by Gasteiger charge is -2.34. The lowest BCUT2D eigenvalue weighted by Crippen LogP contribution is -2.60. The Kier molecular flexibility index (Phi) is 33.5. The number of amides is 13. The fraction of sp³-hybridized carbons (Fsp3) is 0.536. The molecule has 0 radical (unpaired) electrons. The molecule has 0 unspecified atom stereocenters. The van der Waals surface area contributed by atoms with E-state index in [1.807, 2.05) is 0 Å². The van der Waals surface area contributed by atoms with Crippen molar-refractivity contribution in [2.45, 2.75) is 184 Å². The minimum absolute atomic E-state index is 0.0335. The van der Waals surface area contributed by atoms with E-state index in [0.29, 0.717) is 48.8 Å². The highest BCUT2D eigenvalue weighted by atomic mass is 16.3. The standard InChI is InChI=1S/C69H102N18O15/c1-5-40(4)57(66(100)81-47(58(73)92)33-41-17-8-6-9-18-41)85-63(97)51(38-88)78-55(91)37-77-59(93)50(36-54(71)90)82-62(96)48(34-42-19-10-7-11-20-42)83-64(98)52-23-15-31-86(52)68(102)53-24-16-32-87(53)67(101)46(21-12-13-29-70)80-60(94)45(22-14-30-76-69(74)75)79-61(95)49(84-65(99)56(72)39(2)3)35-43-25-27-44(89)28-26-43/h6-11,17-20,25-28,39-40,45-53,56-57,88-89H,5,12-16,21-24,29-38,70,72H2,1-4H3,(H2,71,90)(H2,73,92)(H,77,93)(H,78,91)(H,79,95)(H,80,94)(H,81,100)(H,82,96)(H,83,98)(H,84,99)(H,85,97)(H4,74,75,76)/t40-,45-,46-,47-,48-,49-,50-,51-,52-,53-,56-,57-/m0/s1. The first kappa shape index (κ1) is 82.4. The number of aliphatic imine (C=N–C) groups is 1. The summed E-state index contributed by atoms with van der Waals surface area (Å²) in [6.07, 6.45) is 1.35. The molecule has 2 heterocycles. The second-order valence-corrected chi connectivity index (χ2v) is 26.0. The fourth-order valence-corrected chi connectivity index (χ4v) is 11.7. The number of phenols is 1. The molecule has 2 aliphatic heterocycles. The molecule has 5 rings (SSSR count). The summed E-state index contributed by atoms with van der Waals surface area (Å²) in [6, 6.07) is 8.64. The second kappa shape index (κ2) is 41.5. The molecule has 0 spiro atoms. The van der Waals surface area contributed by atoms with E-state index in [9.17, 15) is 72.5 Å². The lowest BCUT2D eigenvalue weighted by atomic mass is 9.97. The van der Waals surface area contributed by atoms with E-state index in [0.717, 1.165) is 0 Å². The fourth-order valence-electron chi connectivity index (χ4n) is 11.7. The number of carbonyl (C=O) groups is 13. The molecule has 12 atom stereocenters. The van der Waals surface area contributed by atoms with Crippen molar-refractivity contribution in [1.82, 2.24) is 57.7 Å². The van der Waals surface area contributed by atoms with Gasteiger partial charge in [-0.15, -0.1) is 0 Å².